The molecule has 0 heterocycles. The molecule has 0 saturated heterocycles. The highest BCUT2D eigenvalue weighted by Crippen LogP contribution is 2.18. The average molecular weight is 371 g/mol. The van der Waals surface area contributed by atoms with Gasteiger partial charge < -0.3 is 10.1 Å². The number of carbonyl (C=O) groups is 1. The summed E-state index contributed by atoms with van der Waals surface area (Å²) in [6.07, 6.45) is 7.61. The lowest BCUT2D eigenvalue weighted by Crippen LogP contribution is -2.38. The predicted molar refractivity (Wildman–Crippen MR) is 106 cm³/mol. The molecule has 0 radical (unpaired) electrons. The first kappa shape index (κ1) is 18.5. The van der Waals surface area contributed by atoms with Gasteiger partial charge in [-0.15, -0.1) is 0 Å². The number of aliphatic imine (C=N–C) groups is 1. The van der Waals surface area contributed by atoms with E-state index >= 15 is 0 Å². The molecule has 0 spiro atoms. The number of hydrogen-bond donors (Lipinski definition) is 1. The standard InChI is InChI=1S/C21H23ClN2O2/c22-17-8-10-18(11-9-17)23-14-16-6-12-20(13-7-16)26-15-21(25)24-19-4-2-1-3-5-19/h6-14,19H,1-5,15H2,(H,24,25). The van der Waals surface area contributed by atoms with Crippen molar-refractivity contribution < 1.29 is 9.53 Å². The lowest BCUT2D eigenvalue weighted by atomic mass is 9.95. The van der Waals surface area contributed by atoms with Crippen LogP contribution in [-0.2, 0) is 4.79 Å². The van der Waals surface area contributed by atoms with E-state index in [9.17, 15) is 4.79 Å². The van der Waals surface area contributed by atoms with Crippen LogP contribution < -0.4 is 10.1 Å². The van der Waals surface area contributed by atoms with E-state index in [1.807, 2.05) is 48.5 Å². The summed E-state index contributed by atoms with van der Waals surface area (Å²) in [6.45, 7) is 0.0503. The summed E-state index contributed by atoms with van der Waals surface area (Å²) in [7, 11) is 0. The first-order valence-electron chi connectivity index (χ1n) is 9.01. The number of ether oxygens (including phenoxy) is 1. The summed E-state index contributed by atoms with van der Waals surface area (Å²) in [5, 5.41) is 3.74. The summed E-state index contributed by atoms with van der Waals surface area (Å²) in [5.74, 6) is 0.623. The molecule has 4 nitrogen and oxygen atoms in total. The first-order chi connectivity index (χ1) is 12.7. The van der Waals surface area contributed by atoms with Gasteiger partial charge in [-0.1, -0.05) is 30.9 Å². The quantitative estimate of drug-likeness (QED) is 0.734. The molecule has 1 saturated carbocycles. The van der Waals surface area contributed by atoms with Gasteiger partial charge in [-0.2, -0.15) is 0 Å². The Morgan fingerprint density at radius 3 is 2.46 bits per heavy atom. The fourth-order valence-electron chi connectivity index (χ4n) is 2.99. The van der Waals surface area contributed by atoms with Crippen molar-refractivity contribution in [2.24, 2.45) is 4.99 Å². The van der Waals surface area contributed by atoms with Crippen molar-refractivity contribution in [2.75, 3.05) is 6.61 Å². The second-order valence-electron chi connectivity index (χ2n) is 6.49. The number of nitrogens with zero attached hydrogens (tertiary/aromatic N) is 1. The van der Waals surface area contributed by atoms with Gasteiger partial charge in [0.15, 0.2) is 6.61 Å². The molecule has 26 heavy (non-hydrogen) atoms. The van der Waals surface area contributed by atoms with Crippen LogP contribution in [0.1, 0.15) is 37.7 Å². The molecule has 0 bridgehead atoms. The minimum Gasteiger partial charge on any atom is -0.484 e. The van der Waals surface area contributed by atoms with Crippen molar-refractivity contribution in [3.63, 3.8) is 0 Å². The minimum absolute atomic E-state index is 0.0503. The van der Waals surface area contributed by atoms with Crippen LogP contribution in [0.4, 0.5) is 5.69 Å². The number of nitrogens with one attached hydrogen (secondary N) is 1. The zero-order valence-electron chi connectivity index (χ0n) is 14.7. The van der Waals surface area contributed by atoms with E-state index in [0.29, 0.717) is 16.8 Å². The van der Waals surface area contributed by atoms with E-state index in [2.05, 4.69) is 10.3 Å². The van der Waals surface area contributed by atoms with Crippen LogP contribution in [0.15, 0.2) is 53.5 Å². The highest BCUT2D eigenvalue weighted by molar-refractivity contribution is 6.30. The van der Waals surface area contributed by atoms with Gasteiger partial charge in [0.1, 0.15) is 5.75 Å². The van der Waals surface area contributed by atoms with Crippen LogP contribution >= 0.6 is 11.6 Å². The molecule has 1 N–H and O–H groups in total. The number of amides is 1. The van der Waals surface area contributed by atoms with Crippen LogP contribution in [-0.4, -0.2) is 24.8 Å². The molecule has 2 aromatic carbocycles. The van der Waals surface area contributed by atoms with Crippen LogP contribution in [0.25, 0.3) is 0 Å². The molecule has 0 aromatic heterocycles. The van der Waals surface area contributed by atoms with Crippen molar-refractivity contribution in [2.45, 2.75) is 38.1 Å². The topological polar surface area (TPSA) is 50.7 Å². The Hall–Kier alpha value is -2.33. The zero-order valence-corrected chi connectivity index (χ0v) is 15.4. The van der Waals surface area contributed by atoms with Gasteiger partial charge in [-0.25, -0.2) is 0 Å². The maximum absolute atomic E-state index is 12.0. The lowest BCUT2D eigenvalue weighted by molar-refractivity contribution is -0.124. The van der Waals surface area contributed by atoms with Crippen LogP contribution in [0.3, 0.4) is 0 Å². The molecule has 0 atom stereocenters. The largest absolute Gasteiger partial charge is 0.484 e. The number of carbonyl (C=O) groups excluding carboxylic acids is 1. The average Bonchev–Trinajstić information content (AvgIpc) is 2.67. The van der Waals surface area contributed by atoms with E-state index in [1.54, 1.807) is 6.21 Å². The van der Waals surface area contributed by atoms with E-state index in [-0.39, 0.29) is 12.5 Å². The molecule has 1 aliphatic rings. The van der Waals surface area contributed by atoms with Gasteiger partial charge in [0.05, 0.1) is 5.69 Å². The monoisotopic (exact) mass is 370 g/mol. The Bertz CT molecular complexity index is 736. The maximum Gasteiger partial charge on any atom is 0.258 e. The Labute approximate surface area is 159 Å². The second-order valence-corrected chi connectivity index (χ2v) is 6.93. The molecule has 0 unspecified atom stereocenters. The molecular formula is C21H23ClN2O2. The Morgan fingerprint density at radius 2 is 1.77 bits per heavy atom. The van der Waals surface area contributed by atoms with E-state index in [1.165, 1.54) is 19.3 Å². The fourth-order valence-corrected chi connectivity index (χ4v) is 3.12. The van der Waals surface area contributed by atoms with Gasteiger partial charge in [0, 0.05) is 17.3 Å². The smallest absolute Gasteiger partial charge is 0.258 e. The highest BCUT2D eigenvalue weighted by Gasteiger charge is 2.15. The van der Waals surface area contributed by atoms with Crippen molar-refractivity contribution in [1.29, 1.82) is 0 Å². The van der Waals surface area contributed by atoms with Gasteiger partial charge in [-0.3, -0.25) is 9.79 Å². The van der Waals surface area contributed by atoms with Crippen molar-refractivity contribution in [1.82, 2.24) is 5.32 Å². The Morgan fingerprint density at radius 1 is 1.08 bits per heavy atom. The van der Waals surface area contributed by atoms with Crippen LogP contribution in [0.2, 0.25) is 5.02 Å². The zero-order chi connectivity index (χ0) is 18.2. The molecule has 136 valence electrons. The second kappa shape index (κ2) is 9.39. The summed E-state index contributed by atoms with van der Waals surface area (Å²) < 4.78 is 5.57. The number of benzene rings is 2. The molecule has 2 aromatic rings. The number of rotatable bonds is 6. The SMILES string of the molecule is O=C(COc1ccc(C=Nc2ccc(Cl)cc2)cc1)NC1CCCCC1. The maximum atomic E-state index is 12.0. The van der Waals surface area contributed by atoms with E-state index < -0.39 is 0 Å². The van der Waals surface area contributed by atoms with Crippen molar-refractivity contribution in [3.8, 4) is 5.75 Å². The number of halogens is 1. The van der Waals surface area contributed by atoms with Crippen LogP contribution in [0.5, 0.6) is 5.75 Å². The third kappa shape index (κ3) is 5.88. The summed E-state index contributed by atoms with van der Waals surface area (Å²) >= 11 is 5.86. The highest BCUT2D eigenvalue weighted by atomic mass is 35.5. The van der Waals surface area contributed by atoms with Gasteiger partial charge in [0.25, 0.3) is 5.91 Å². The molecular weight excluding hydrogens is 348 g/mol. The Kier molecular flexibility index (Phi) is 6.67. The predicted octanol–water partition coefficient (Wildman–Crippen LogP) is 4.92. The Balaban J connectivity index is 1.46. The summed E-state index contributed by atoms with van der Waals surface area (Å²) in [4.78, 5) is 16.4. The molecule has 0 aliphatic heterocycles. The van der Waals surface area contributed by atoms with E-state index in [4.69, 9.17) is 16.3 Å². The summed E-state index contributed by atoms with van der Waals surface area (Å²) in [6, 6.07) is 15.2. The van der Waals surface area contributed by atoms with Gasteiger partial charge >= 0.3 is 0 Å². The molecule has 1 fully saturated rings. The molecule has 1 amide bonds. The number of hydrogen-bond acceptors (Lipinski definition) is 3. The third-order valence-corrected chi connectivity index (χ3v) is 4.66. The van der Waals surface area contributed by atoms with Gasteiger partial charge in [-0.05, 0) is 66.9 Å². The van der Waals surface area contributed by atoms with E-state index in [0.717, 1.165) is 24.1 Å². The summed E-state index contributed by atoms with van der Waals surface area (Å²) in [5.41, 5.74) is 1.80. The molecule has 1 aliphatic carbocycles. The first-order valence-corrected chi connectivity index (χ1v) is 9.39. The normalized spacial score (nSPS) is 15.1. The minimum atomic E-state index is -0.0507. The molecule has 5 heteroatoms. The molecule has 3 rings (SSSR count). The lowest BCUT2D eigenvalue weighted by Gasteiger charge is -2.22. The third-order valence-electron chi connectivity index (χ3n) is 4.41. The fraction of sp³-hybridized carbons (Fsp3) is 0.333. The van der Waals surface area contributed by atoms with Gasteiger partial charge in [0.2, 0.25) is 0 Å². The van der Waals surface area contributed by atoms with Crippen molar-refractivity contribution >= 4 is 29.4 Å². The van der Waals surface area contributed by atoms with Crippen molar-refractivity contribution in [3.05, 3.63) is 59.1 Å². The van der Waals surface area contributed by atoms with Crippen LogP contribution in [0, 0.1) is 0 Å².